The van der Waals surface area contributed by atoms with Gasteiger partial charge in [0.25, 0.3) is 0 Å². The Labute approximate surface area is 89.0 Å². The molecule has 0 aliphatic carbocycles. The summed E-state index contributed by atoms with van der Waals surface area (Å²) in [5.74, 6) is 0.952. The fourth-order valence-electron chi connectivity index (χ4n) is 1.57. The van der Waals surface area contributed by atoms with Gasteiger partial charge in [-0.25, -0.2) is 4.98 Å². The van der Waals surface area contributed by atoms with Gasteiger partial charge in [0.05, 0.1) is 11.0 Å². The highest BCUT2D eigenvalue weighted by atomic mass is 14.9. The van der Waals surface area contributed by atoms with Crippen molar-refractivity contribution in [2.24, 2.45) is 5.73 Å². The summed E-state index contributed by atoms with van der Waals surface area (Å²) in [6.07, 6.45) is 5.09. The second-order valence-corrected chi connectivity index (χ2v) is 3.58. The molecule has 0 radical (unpaired) electrons. The summed E-state index contributed by atoms with van der Waals surface area (Å²) in [6, 6.07) is 6.19. The van der Waals surface area contributed by atoms with Crippen molar-refractivity contribution >= 4 is 17.1 Å². The van der Waals surface area contributed by atoms with E-state index in [0.29, 0.717) is 6.54 Å². The maximum Gasteiger partial charge on any atom is 0.104 e. The summed E-state index contributed by atoms with van der Waals surface area (Å²) < 4.78 is 0. The van der Waals surface area contributed by atoms with Crippen LogP contribution < -0.4 is 5.73 Å². The number of nitrogens with zero attached hydrogens (tertiary/aromatic N) is 1. The number of aryl methyl sites for hydroxylation is 1. The smallest absolute Gasteiger partial charge is 0.104 e. The van der Waals surface area contributed by atoms with Crippen LogP contribution in [-0.2, 0) is 0 Å². The average molecular weight is 201 g/mol. The van der Waals surface area contributed by atoms with E-state index in [1.54, 1.807) is 0 Å². The Morgan fingerprint density at radius 1 is 1.47 bits per heavy atom. The molecule has 3 heteroatoms. The highest BCUT2D eigenvalue weighted by Gasteiger charge is 1.98. The first-order chi connectivity index (χ1) is 7.29. The molecule has 1 aromatic heterocycles. The number of rotatable bonds is 3. The summed E-state index contributed by atoms with van der Waals surface area (Å²) in [4.78, 5) is 7.57. The lowest BCUT2D eigenvalue weighted by molar-refractivity contribution is 1.01. The zero-order valence-electron chi connectivity index (χ0n) is 8.83. The number of H-pyrrole nitrogens is 1. The molecule has 1 heterocycles. The molecule has 1 aromatic carbocycles. The summed E-state index contributed by atoms with van der Waals surface area (Å²) >= 11 is 0. The van der Waals surface area contributed by atoms with Gasteiger partial charge in [-0.2, -0.15) is 0 Å². The zero-order chi connectivity index (χ0) is 10.7. The molecular formula is C12H15N3. The van der Waals surface area contributed by atoms with Gasteiger partial charge in [0, 0.05) is 0 Å². The van der Waals surface area contributed by atoms with E-state index in [9.17, 15) is 0 Å². The van der Waals surface area contributed by atoms with Gasteiger partial charge < -0.3 is 10.7 Å². The number of nitrogens with one attached hydrogen (secondary N) is 1. The Morgan fingerprint density at radius 2 is 2.33 bits per heavy atom. The number of aromatic nitrogens is 2. The van der Waals surface area contributed by atoms with Crippen molar-refractivity contribution in [1.29, 1.82) is 0 Å². The second kappa shape index (κ2) is 4.28. The maximum absolute atomic E-state index is 5.42. The highest BCUT2D eigenvalue weighted by molar-refractivity contribution is 5.78. The Balaban J connectivity index is 2.30. The fraction of sp³-hybridized carbons (Fsp3) is 0.250. The summed E-state index contributed by atoms with van der Waals surface area (Å²) in [5.41, 5.74) is 8.70. The van der Waals surface area contributed by atoms with Gasteiger partial charge in [0.2, 0.25) is 0 Å². The van der Waals surface area contributed by atoms with E-state index in [-0.39, 0.29) is 0 Å². The number of fused-ring (bicyclic) bond motifs is 1. The third-order valence-corrected chi connectivity index (χ3v) is 2.27. The zero-order valence-corrected chi connectivity index (χ0v) is 8.83. The van der Waals surface area contributed by atoms with Gasteiger partial charge in [-0.1, -0.05) is 18.2 Å². The molecule has 2 aromatic rings. The molecule has 0 saturated carbocycles. The molecule has 2 rings (SSSR count). The standard InChI is InChI=1S/C12H15N3/c1-9-14-11-6-5-10(4-2-3-7-13)8-12(11)15-9/h2,4-6,8H,3,7,13H2,1H3,(H,14,15). The summed E-state index contributed by atoms with van der Waals surface area (Å²) in [7, 11) is 0. The summed E-state index contributed by atoms with van der Waals surface area (Å²) in [5, 5.41) is 0. The van der Waals surface area contributed by atoms with Crippen molar-refractivity contribution in [3.63, 3.8) is 0 Å². The quantitative estimate of drug-likeness (QED) is 0.800. The third-order valence-electron chi connectivity index (χ3n) is 2.27. The molecule has 0 aliphatic rings. The third kappa shape index (κ3) is 2.25. The van der Waals surface area contributed by atoms with Crippen LogP contribution in [0.15, 0.2) is 24.3 Å². The van der Waals surface area contributed by atoms with E-state index < -0.39 is 0 Å². The van der Waals surface area contributed by atoms with Crippen molar-refractivity contribution in [3.8, 4) is 0 Å². The maximum atomic E-state index is 5.42. The van der Waals surface area contributed by atoms with Gasteiger partial charge >= 0.3 is 0 Å². The number of nitrogens with two attached hydrogens (primary N) is 1. The van der Waals surface area contributed by atoms with E-state index in [4.69, 9.17) is 5.73 Å². The van der Waals surface area contributed by atoms with Gasteiger partial charge in [-0.05, 0) is 37.6 Å². The molecule has 78 valence electrons. The van der Waals surface area contributed by atoms with Crippen LogP contribution in [0.5, 0.6) is 0 Å². The van der Waals surface area contributed by atoms with E-state index >= 15 is 0 Å². The van der Waals surface area contributed by atoms with Crippen LogP contribution in [-0.4, -0.2) is 16.5 Å². The van der Waals surface area contributed by atoms with Gasteiger partial charge in [-0.3, -0.25) is 0 Å². The van der Waals surface area contributed by atoms with E-state index in [1.165, 1.54) is 5.56 Å². The topological polar surface area (TPSA) is 54.7 Å². The number of benzene rings is 1. The Bertz CT molecular complexity index is 483. The molecule has 0 unspecified atom stereocenters. The second-order valence-electron chi connectivity index (χ2n) is 3.58. The minimum absolute atomic E-state index is 0.696. The minimum Gasteiger partial charge on any atom is -0.342 e. The van der Waals surface area contributed by atoms with Crippen LogP contribution in [0.1, 0.15) is 17.8 Å². The van der Waals surface area contributed by atoms with Crippen LogP contribution in [0.25, 0.3) is 17.1 Å². The molecule has 3 N–H and O–H groups in total. The Hall–Kier alpha value is -1.61. The van der Waals surface area contributed by atoms with Crippen LogP contribution in [0.4, 0.5) is 0 Å². The number of hydrogen-bond donors (Lipinski definition) is 2. The van der Waals surface area contributed by atoms with E-state index in [0.717, 1.165) is 23.3 Å². The SMILES string of the molecule is Cc1nc2ccc(C=CCCN)cc2[nH]1. The molecular weight excluding hydrogens is 186 g/mol. The summed E-state index contributed by atoms with van der Waals surface area (Å²) in [6.45, 7) is 2.66. The Morgan fingerprint density at radius 3 is 3.13 bits per heavy atom. The molecule has 0 amide bonds. The monoisotopic (exact) mass is 201 g/mol. The van der Waals surface area contributed by atoms with E-state index in [2.05, 4.69) is 34.3 Å². The van der Waals surface area contributed by atoms with Crippen LogP contribution >= 0.6 is 0 Å². The highest BCUT2D eigenvalue weighted by Crippen LogP contribution is 2.14. The average Bonchev–Trinajstić information content (AvgIpc) is 2.57. The van der Waals surface area contributed by atoms with E-state index in [1.807, 2.05) is 13.0 Å². The Kier molecular flexibility index (Phi) is 2.83. The van der Waals surface area contributed by atoms with Crippen LogP contribution in [0.2, 0.25) is 0 Å². The van der Waals surface area contributed by atoms with Gasteiger partial charge in [0.15, 0.2) is 0 Å². The normalized spacial score (nSPS) is 11.6. The lowest BCUT2D eigenvalue weighted by Gasteiger charge is -1.93. The molecule has 0 aliphatic heterocycles. The molecule has 3 nitrogen and oxygen atoms in total. The number of aromatic amines is 1. The molecule has 0 spiro atoms. The number of imidazole rings is 1. The first-order valence-corrected chi connectivity index (χ1v) is 5.12. The predicted octanol–water partition coefficient (Wildman–Crippen LogP) is 2.23. The van der Waals surface area contributed by atoms with Crippen molar-refractivity contribution < 1.29 is 0 Å². The van der Waals surface area contributed by atoms with Crippen LogP contribution in [0.3, 0.4) is 0 Å². The lowest BCUT2D eigenvalue weighted by Crippen LogP contribution is -1.94. The van der Waals surface area contributed by atoms with Crippen LogP contribution in [0, 0.1) is 6.92 Å². The number of hydrogen-bond acceptors (Lipinski definition) is 2. The van der Waals surface area contributed by atoms with Gasteiger partial charge in [0.1, 0.15) is 5.82 Å². The van der Waals surface area contributed by atoms with Crippen molar-refractivity contribution in [1.82, 2.24) is 9.97 Å². The molecule has 0 fully saturated rings. The van der Waals surface area contributed by atoms with Crippen molar-refractivity contribution in [3.05, 3.63) is 35.7 Å². The lowest BCUT2D eigenvalue weighted by atomic mass is 10.2. The first-order valence-electron chi connectivity index (χ1n) is 5.12. The minimum atomic E-state index is 0.696. The molecule has 15 heavy (non-hydrogen) atoms. The first kappa shape index (κ1) is 9.93. The fourth-order valence-corrected chi connectivity index (χ4v) is 1.57. The van der Waals surface area contributed by atoms with Crippen molar-refractivity contribution in [2.45, 2.75) is 13.3 Å². The molecule has 0 saturated heterocycles. The largest absolute Gasteiger partial charge is 0.342 e. The predicted molar refractivity (Wildman–Crippen MR) is 63.5 cm³/mol. The van der Waals surface area contributed by atoms with Crippen molar-refractivity contribution in [2.75, 3.05) is 6.54 Å². The molecule has 0 bridgehead atoms. The molecule has 0 atom stereocenters. The van der Waals surface area contributed by atoms with Gasteiger partial charge in [-0.15, -0.1) is 0 Å².